The van der Waals surface area contributed by atoms with Crippen LogP contribution in [0, 0.1) is 24.6 Å². The summed E-state index contributed by atoms with van der Waals surface area (Å²) in [5.74, 6) is 1.82. The Morgan fingerprint density at radius 1 is 1.11 bits per heavy atom. The Hall–Kier alpha value is -3.43. The average molecular weight is 485 g/mol. The number of aryl methyl sites for hydroxylation is 1. The molecule has 4 heterocycles. The van der Waals surface area contributed by atoms with Gasteiger partial charge in [0.1, 0.15) is 23.3 Å². The first kappa shape index (κ1) is 23.3. The topological polar surface area (TPSA) is 74.2 Å². The van der Waals surface area contributed by atoms with Gasteiger partial charge in [0.2, 0.25) is 5.91 Å². The van der Waals surface area contributed by atoms with E-state index >= 15 is 0 Å². The van der Waals surface area contributed by atoms with Crippen LogP contribution >= 0.6 is 0 Å². The average Bonchev–Trinajstić information content (AvgIpc) is 3.38. The SMILES string of the molecule is CC(=O)N1CC2CN(c3cc4c(N[C@H](C)c5cccc(C(F)F)c5F)nc(C)nc4cn3)CC2C1. The lowest BCUT2D eigenvalue weighted by molar-refractivity contribution is -0.128. The fourth-order valence-corrected chi connectivity index (χ4v) is 5.21. The van der Waals surface area contributed by atoms with Gasteiger partial charge in [0, 0.05) is 55.9 Å². The molecule has 0 bridgehead atoms. The second-order valence-corrected chi connectivity index (χ2v) is 9.45. The van der Waals surface area contributed by atoms with Crippen molar-refractivity contribution >= 4 is 28.4 Å². The second kappa shape index (κ2) is 8.98. The number of carbonyl (C=O) groups is 1. The van der Waals surface area contributed by atoms with Crippen molar-refractivity contribution in [2.45, 2.75) is 33.2 Å². The number of hydrogen-bond donors (Lipinski definition) is 1. The lowest BCUT2D eigenvalue weighted by atomic mass is 10.0. The van der Waals surface area contributed by atoms with E-state index in [0.717, 1.165) is 43.4 Å². The third-order valence-corrected chi connectivity index (χ3v) is 7.05. The first-order valence-corrected chi connectivity index (χ1v) is 11.7. The molecule has 3 aromatic rings. The number of amides is 1. The van der Waals surface area contributed by atoms with Gasteiger partial charge in [0.25, 0.3) is 6.43 Å². The van der Waals surface area contributed by atoms with Gasteiger partial charge in [-0.05, 0) is 19.9 Å². The summed E-state index contributed by atoms with van der Waals surface area (Å²) in [4.78, 5) is 29.5. The molecule has 0 aliphatic carbocycles. The van der Waals surface area contributed by atoms with Crippen LogP contribution in [0.3, 0.4) is 0 Å². The number of hydrogen-bond acceptors (Lipinski definition) is 6. The minimum atomic E-state index is -2.89. The first-order valence-electron chi connectivity index (χ1n) is 11.7. The van der Waals surface area contributed by atoms with Crippen molar-refractivity contribution in [1.82, 2.24) is 19.9 Å². The van der Waals surface area contributed by atoms with Gasteiger partial charge in [-0.2, -0.15) is 0 Å². The third kappa shape index (κ3) is 4.37. The zero-order chi connectivity index (χ0) is 24.9. The smallest absolute Gasteiger partial charge is 0.266 e. The highest BCUT2D eigenvalue weighted by molar-refractivity contribution is 5.90. The van der Waals surface area contributed by atoms with E-state index in [9.17, 15) is 18.0 Å². The van der Waals surface area contributed by atoms with E-state index in [1.54, 1.807) is 27.0 Å². The molecule has 1 amide bonds. The van der Waals surface area contributed by atoms with Crippen LogP contribution < -0.4 is 10.2 Å². The van der Waals surface area contributed by atoms with E-state index < -0.39 is 23.8 Å². The molecular formula is C25H27F3N6O. The van der Waals surface area contributed by atoms with Crippen molar-refractivity contribution in [2.24, 2.45) is 11.8 Å². The molecule has 0 saturated carbocycles. The molecule has 2 unspecified atom stereocenters. The van der Waals surface area contributed by atoms with Crippen LogP contribution in [-0.4, -0.2) is 51.9 Å². The van der Waals surface area contributed by atoms with Crippen LogP contribution in [0.1, 0.15) is 43.3 Å². The number of rotatable bonds is 5. The molecule has 5 rings (SSSR count). The van der Waals surface area contributed by atoms with Gasteiger partial charge in [-0.3, -0.25) is 4.79 Å². The van der Waals surface area contributed by atoms with Crippen molar-refractivity contribution < 1.29 is 18.0 Å². The molecule has 2 aliphatic rings. The highest BCUT2D eigenvalue weighted by Gasteiger charge is 2.41. The molecule has 10 heteroatoms. The minimum Gasteiger partial charge on any atom is -0.363 e. The van der Waals surface area contributed by atoms with E-state index in [1.165, 1.54) is 12.1 Å². The van der Waals surface area contributed by atoms with Crippen molar-refractivity contribution in [2.75, 3.05) is 36.4 Å². The fraction of sp³-hybridized carbons (Fsp3) is 0.440. The molecule has 1 aromatic carbocycles. The van der Waals surface area contributed by atoms with E-state index in [4.69, 9.17) is 0 Å². The highest BCUT2D eigenvalue weighted by atomic mass is 19.3. The lowest BCUT2D eigenvalue weighted by Gasteiger charge is -2.22. The van der Waals surface area contributed by atoms with Gasteiger partial charge in [0.15, 0.2) is 0 Å². The molecule has 2 aromatic heterocycles. The number of benzene rings is 1. The summed E-state index contributed by atoms with van der Waals surface area (Å²) in [5.41, 5.74) is 0.165. The summed E-state index contributed by atoms with van der Waals surface area (Å²) in [6, 6.07) is 5.33. The number of fused-ring (bicyclic) bond motifs is 2. The summed E-state index contributed by atoms with van der Waals surface area (Å²) in [7, 11) is 0. The number of halogens is 3. The Morgan fingerprint density at radius 3 is 2.46 bits per heavy atom. The molecule has 2 fully saturated rings. The number of nitrogens with one attached hydrogen (secondary N) is 1. The van der Waals surface area contributed by atoms with Crippen LogP contribution in [0.2, 0.25) is 0 Å². The molecular weight excluding hydrogens is 457 g/mol. The number of anilines is 2. The molecule has 7 nitrogen and oxygen atoms in total. The molecule has 35 heavy (non-hydrogen) atoms. The van der Waals surface area contributed by atoms with E-state index in [2.05, 4.69) is 25.2 Å². The zero-order valence-electron chi connectivity index (χ0n) is 19.8. The van der Waals surface area contributed by atoms with Gasteiger partial charge in [-0.1, -0.05) is 18.2 Å². The van der Waals surface area contributed by atoms with E-state index in [0.29, 0.717) is 29.0 Å². The van der Waals surface area contributed by atoms with Gasteiger partial charge in [-0.25, -0.2) is 28.1 Å². The highest BCUT2D eigenvalue weighted by Crippen LogP contribution is 2.35. The predicted octanol–water partition coefficient (Wildman–Crippen LogP) is 4.50. The van der Waals surface area contributed by atoms with Gasteiger partial charge in [-0.15, -0.1) is 0 Å². The monoisotopic (exact) mass is 484 g/mol. The Labute approximate surface area is 201 Å². The first-order chi connectivity index (χ1) is 16.7. The Bertz CT molecular complexity index is 1270. The Kier molecular flexibility index (Phi) is 5.98. The van der Waals surface area contributed by atoms with Crippen molar-refractivity contribution in [3.63, 3.8) is 0 Å². The number of aromatic nitrogens is 3. The van der Waals surface area contributed by atoms with Gasteiger partial charge < -0.3 is 15.1 Å². The summed E-state index contributed by atoms with van der Waals surface area (Å²) in [6.45, 7) is 8.22. The molecule has 184 valence electrons. The van der Waals surface area contributed by atoms with Crippen LogP contribution in [0.15, 0.2) is 30.5 Å². The summed E-state index contributed by atoms with van der Waals surface area (Å²) in [6.07, 6.45) is -1.19. The molecule has 0 radical (unpaired) electrons. The summed E-state index contributed by atoms with van der Waals surface area (Å²) >= 11 is 0. The maximum atomic E-state index is 14.7. The van der Waals surface area contributed by atoms with Crippen LogP contribution in [0.5, 0.6) is 0 Å². The minimum absolute atomic E-state index is 0.114. The Morgan fingerprint density at radius 2 is 1.80 bits per heavy atom. The summed E-state index contributed by atoms with van der Waals surface area (Å²) in [5, 5.41) is 3.92. The quantitative estimate of drug-likeness (QED) is 0.575. The molecule has 3 atom stereocenters. The largest absolute Gasteiger partial charge is 0.363 e. The van der Waals surface area contributed by atoms with Gasteiger partial charge >= 0.3 is 0 Å². The van der Waals surface area contributed by atoms with Crippen LogP contribution in [-0.2, 0) is 4.79 Å². The van der Waals surface area contributed by atoms with Crippen LogP contribution in [0.25, 0.3) is 10.9 Å². The molecule has 2 saturated heterocycles. The zero-order valence-corrected chi connectivity index (χ0v) is 19.8. The maximum Gasteiger partial charge on any atom is 0.266 e. The maximum absolute atomic E-state index is 14.7. The Balaban J connectivity index is 1.42. The van der Waals surface area contributed by atoms with E-state index in [1.807, 2.05) is 11.0 Å². The van der Waals surface area contributed by atoms with Crippen molar-refractivity contribution in [3.8, 4) is 0 Å². The molecule has 1 N–H and O–H groups in total. The fourth-order valence-electron chi connectivity index (χ4n) is 5.21. The standard InChI is InChI=1S/C25H27F3N6O/c1-13(18-5-4-6-19(23(18)26)24(27)28)30-25-20-7-22(29-8-21(20)31-14(2)32-25)34-11-16-9-33(15(3)35)10-17(16)12-34/h4-8,13,16-17,24H,9-12H2,1-3H3,(H,30,31,32)/t13-,16?,17?/m1/s1. The number of nitrogens with zero attached hydrogens (tertiary/aromatic N) is 5. The van der Waals surface area contributed by atoms with Gasteiger partial charge in [0.05, 0.1) is 23.3 Å². The molecule has 2 aliphatic heterocycles. The lowest BCUT2D eigenvalue weighted by Crippen LogP contribution is -2.31. The predicted molar refractivity (Wildman–Crippen MR) is 127 cm³/mol. The number of likely N-dealkylation sites (tertiary alicyclic amines) is 1. The third-order valence-electron chi connectivity index (χ3n) is 7.05. The van der Waals surface area contributed by atoms with E-state index in [-0.39, 0.29) is 11.5 Å². The van der Waals surface area contributed by atoms with Crippen molar-refractivity contribution in [1.29, 1.82) is 0 Å². The second-order valence-electron chi connectivity index (χ2n) is 9.45. The van der Waals surface area contributed by atoms with Crippen LogP contribution in [0.4, 0.5) is 24.8 Å². The molecule has 0 spiro atoms. The number of carbonyl (C=O) groups excluding carboxylic acids is 1. The number of pyridine rings is 1. The number of alkyl halides is 2. The normalized spacial score (nSPS) is 20.5. The summed E-state index contributed by atoms with van der Waals surface area (Å²) < 4.78 is 41.1. The van der Waals surface area contributed by atoms with Crippen molar-refractivity contribution in [3.05, 3.63) is 53.2 Å².